The Bertz CT molecular complexity index is 1270. The first-order chi connectivity index (χ1) is 18.6. The number of aromatic nitrogens is 1. The Morgan fingerprint density at radius 2 is 1.71 bits per heavy atom. The molecule has 38 heavy (non-hydrogen) atoms. The number of benzene rings is 2. The van der Waals surface area contributed by atoms with Crippen LogP contribution in [0.2, 0.25) is 0 Å². The monoisotopic (exact) mass is 511 g/mol. The minimum Gasteiger partial charge on any atom is -0.497 e. The van der Waals surface area contributed by atoms with Crippen molar-refractivity contribution < 1.29 is 9.47 Å². The van der Waals surface area contributed by atoms with E-state index < -0.39 is 0 Å². The van der Waals surface area contributed by atoms with E-state index in [-0.39, 0.29) is 0 Å². The fourth-order valence-electron chi connectivity index (χ4n) is 6.15. The van der Waals surface area contributed by atoms with E-state index in [1.165, 1.54) is 65.6 Å². The number of nitrogens with zero attached hydrogens (tertiary/aromatic N) is 2. The number of hydrogen-bond donors (Lipinski definition) is 1. The molecule has 2 aromatic carbocycles. The maximum atomic E-state index is 5.76. The zero-order chi connectivity index (χ0) is 26.1. The largest absolute Gasteiger partial charge is 0.497 e. The van der Waals surface area contributed by atoms with E-state index >= 15 is 0 Å². The number of nitrogens with one attached hydrogen (secondary N) is 1. The molecular formula is C33H41N3O2. The number of likely N-dealkylation sites (tertiary alicyclic amines) is 1. The number of hydrogen-bond acceptors (Lipinski definition) is 5. The summed E-state index contributed by atoms with van der Waals surface area (Å²) < 4.78 is 11.3. The van der Waals surface area contributed by atoms with Crippen molar-refractivity contribution in [2.45, 2.75) is 76.3 Å². The maximum Gasteiger partial charge on any atom is 0.122 e. The van der Waals surface area contributed by atoms with Crippen molar-refractivity contribution in [2.75, 3.05) is 32.6 Å². The molecule has 2 aliphatic carbocycles. The molecule has 0 amide bonds. The Morgan fingerprint density at radius 1 is 0.895 bits per heavy atom. The van der Waals surface area contributed by atoms with E-state index in [1.54, 1.807) is 14.2 Å². The lowest BCUT2D eigenvalue weighted by atomic mass is 9.77. The van der Waals surface area contributed by atoms with Gasteiger partial charge in [0.2, 0.25) is 0 Å². The van der Waals surface area contributed by atoms with Gasteiger partial charge in [0.25, 0.3) is 0 Å². The molecule has 1 aliphatic heterocycles. The molecule has 1 N–H and O–H groups in total. The van der Waals surface area contributed by atoms with E-state index in [0.717, 1.165) is 55.6 Å². The molecule has 0 bridgehead atoms. The van der Waals surface area contributed by atoms with Crippen LogP contribution in [0, 0.1) is 6.92 Å². The van der Waals surface area contributed by atoms with Crippen LogP contribution in [0.4, 0.5) is 5.69 Å². The van der Waals surface area contributed by atoms with Crippen molar-refractivity contribution in [3.05, 3.63) is 70.9 Å². The first-order valence-electron chi connectivity index (χ1n) is 14.4. The SMILES string of the molecule is COc1cc(NC2CCN(Cc3ccnc(-c4cc(OC)c(C)c(C5CCC5)c4)c3)CC2)cc(C2CC2)c1. The molecule has 3 fully saturated rings. The normalized spacial score (nSPS) is 18.7. The first-order valence-corrected chi connectivity index (χ1v) is 14.4. The molecule has 2 saturated carbocycles. The smallest absolute Gasteiger partial charge is 0.122 e. The Hall–Kier alpha value is -3.05. The molecule has 3 aliphatic rings. The maximum absolute atomic E-state index is 5.76. The van der Waals surface area contributed by atoms with E-state index in [1.807, 2.05) is 6.20 Å². The van der Waals surface area contributed by atoms with Gasteiger partial charge in [-0.3, -0.25) is 9.88 Å². The number of pyridine rings is 1. The molecule has 3 aromatic rings. The predicted molar refractivity (Wildman–Crippen MR) is 154 cm³/mol. The molecule has 1 aromatic heterocycles. The van der Waals surface area contributed by atoms with Crippen molar-refractivity contribution >= 4 is 5.69 Å². The van der Waals surface area contributed by atoms with E-state index in [2.05, 4.69) is 59.6 Å². The number of anilines is 1. The molecule has 6 rings (SSSR count). The van der Waals surface area contributed by atoms with Gasteiger partial charge in [0, 0.05) is 49.2 Å². The highest BCUT2D eigenvalue weighted by molar-refractivity contribution is 5.65. The van der Waals surface area contributed by atoms with Crippen LogP contribution in [0.25, 0.3) is 11.3 Å². The van der Waals surface area contributed by atoms with Gasteiger partial charge in [-0.1, -0.05) is 6.42 Å². The van der Waals surface area contributed by atoms with Crippen molar-refractivity contribution in [3.63, 3.8) is 0 Å². The second-order valence-corrected chi connectivity index (χ2v) is 11.5. The number of rotatable bonds is 9. The number of ether oxygens (including phenoxy) is 2. The third kappa shape index (κ3) is 5.54. The van der Waals surface area contributed by atoms with Gasteiger partial charge < -0.3 is 14.8 Å². The van der Waals surface area contributed by atoms with Crippen LogP contribution < -0.4 is 14.8 Å². The molecule has 0 atom stereocenters. The average molecular weight is 512 g/mol. The molecule has 2 heterocycles. The summed E-state index contributed by atoms with van der Waals surface area (Å²) in [6.45, 7) is 5.35. The van der Waals surface area contributed by atoms with Gasteiger partial charge in [-0.25, -0.2) is 0 Å². The van der Waals surface area contributed by atoms with Gasteiger partial charge in [-0.2, -0.15) is 0 Å². The highest BCUT2D eigenvalue weighted by atomic mass is 16.5. The van der Waals surface area contributed by atoms with E-state index in [9.17, 15) is 0 Å². The fourth-order valence-corrected chi connectivity index (χ4v) is 6.15. The average Bonchev–Trinajstić information content (AvgIpc) is 3.76. The summed E-state index contributed by atoms with van der Waals surface area (Å²) in [5.41, 5.74) is 8.89. The summed E-state index contributed by atoms with van der Waals surface area (Å²) in [7, 11) is 3.54. The van der Waals surface area contributed by atoms with E-state index in [4.69, 9.17) is 14.5 Å². The van der Waals surface area contributed by atoms with Gasteiger partial charge in [0.15, 0.2) is 0 Å². The molecule has 0 radical (unpaired) electrons. The summed E-state index contributed by atoms with van der Waals surface area (Å²) in [5, 5.41) is 3.80. The minimum atomic E-state index is 0.503. The lowest BCUT2D eigenvalue weighted by Crippen LogP contribution is -2.38. The second kappa shape index (κ2) is 11.0. The van der Waals surface area contributed by atoms with Crippen LogP contribution in [0.1, 0.15) is 79.0 Å². The van der Waals surface area contributed by atoms with Crippen molar-refractivity contribution in [2.24, 2.45) is 0 Å². The van der Waals surface area contributed by atoms with Crippen LogP contribution in [-0.2, 0) is 6.54 Å². The summed E-state index contributed by atoms with van der Waals surface area (Å²) >= 11 is 0. The third-order valence-corrected chi connectivity index (χ3v) is 8.86. The Balaban J connectivity index is 1.09. The van der Waals surface area contributed by atoms with Gasteiger partial charge >= 0.3 is 0 Å². The van der Waals surface area contributed by atoms with Crippen molar-refractivity contribution in [1.29, 1.82) is 0 Å². The molecular weight excluding hydrogens is 470 g/mol. The van der Waals surface area contributed by atoms with Crippen LogP contribution >= 0.6 is 0 Å². The number of methoxy groups -OCH3 is 2. The summed E-state index contributed by atoms with van der Waals surface area (Å²) in [5.74, 6) is 3.34. The van der Waals surface area contributed by atoms with Crippen LogP contribution in [0.5, 0.6) is 11.5 Å². The quantitative estimate of drug-likeness (QED) is 0.327. The zero-order valence-electron chi connectivity index (χ0n) is 23.1. The Kier molecular flexibility index (Phi) is 7.29. The molecule has 5 nitrogen and oxygen atoms in total. The minimum absolute atomic E-state index is 0.503. The Labute approximate surface area is 227 Å². The van der Waals surface area contributed by atoms with E-state index in [0.29, 0.717) is 12.0 Å². The lowest BCUT2D eigenvalue weighted by molar-refractivity contribution is 0.211. The van der Waals surface area contributed by atoms with Crippen molar-refractivity contribution in [3.8, 4) is 22.8 Å². The highest BCUT2D eigenvalue weighted by Gasteiger charge is 2.26. The predicted octanol–water partition coefficient (Wildman–Crippen LogP) is 7.30. The second-order valence-electron chi connectivity index (χ2n) is 11.5. The topological polar surface area (TPSA) is 46.6 Å². The van der Waals surface area contributed by atoms with Gasteiger partial charge in [0.1, 0.15) is 11.5 Å². The van der Waals surface area contributed by atoms with Crippen LogP contribution in [0.3, 0.4) is 0 Å². The summed E-state index contributed by atoms with van der Waals surface area (Å²) in [4.78, 5) is 7.33. The first kappa shape index (κ1) is 25.2. The molecule has 0 spiro atoms. The Morgan fingerprint density at radius 3 is 2.39 bits per heavy atom. The van der Waals surface area contributed by atoms with Gasteiger partial charge in [-0.05, 0) is 116 Å². The molecule has 5 heteroatoms. The molecule has 0 unspecified atom stereocenters. The fraction of sp³-hybridized carbons (Fsp3) is 0.485. The lowest BCUT2D eigenvalue weighted by Gasteiger charge is -2.33. The highest BCUT2D eigenvalue weighted by Crippen LogP contribution is 2.43. The van der Waals surface area contributed by atoms with Crippen molar-refractivity contribution in [1.82, 2.24) is 9.88 Å². The summed E-state index contributed by atoms with van der Waals surface area (Å²) in [6, 6.07) is 16.1. The van der Waals surface area contributed by atoms with Crippen LogP contribution in [-0.4, -0.2) is 43.2 Å². The van der Waals surface area contributed by atoms with Crippen LogP contribution in [0.15, 0.2) is 48.7 Å². The zero-order valence-corrected chi connectivity index (χ0v) is 23.1. The molecule has 1 saturated heterocycles. The standard InChI is InChI=1S/C33H41N3O2/c1-22-31(25-5-4-6-25)18-27(19-33(22)38-3)32-15-23(9-12-34-32)21-36-13-10-28(11-14-36)35-29-16-26(24-7-8-24)17-30(20-29)37-2/h9,12,15-20,24-25,28,35H,4-8,10-11,13-14,21H2,1-3H3. The van der Waals surface area contributed by atoms with Gasteiger partial charge in [-0.15, -0.1) is 0 Å². The number of piperidine rings is 1. The molecule has 200 valence electrons. The van der Waals surface area contributed by atoms with Gasteiger partial charge in [0.05, 0.1) is 19.9 Å². The third-order valence-electron chi connectivity index (χ3n) is 8.86. The summed E-state index contributed by atoms with van der Waals surface area (Å²) in [6.07, 6.45) is 10.8.